The molecule has 17 heavy (non-hydrogen) atoms. The zero-order valence-corrected chi connectivity index (χ0v) is 9.58. The Labute approximate surface area is 99.5 Å². The summed E-state index contributed by atoms with van der Waals surface area (Å²) in [5.41, 5.74) is -0.105. The molecule has 3 heterocycles. The molecule has 3 aliphatic rings. The molecule has 1 unspecified atom stereocenters. The van der Waals surface area contributed by atoms with Gasteiger partial charge in [0.15, 0.2) is 0 Å². The van der Waals surface area contributed by atoms with Gasteiger partial charge in [-0.25, -0.2) is 9.98 Å². The van der Waals surface area contributed by atoms with Crippen LogP contribution in [0.5, 0.6) is 0 Å². The third kappa shape index (κ3) is 1.88. The maximum Gasteiger partial charge on any atom is 0.312 e. The van der Waals surface area contributed by atoms with E-state index in [0.29, 0.717) is 12.3 Å². The van der Waals surface area contributed by atoms with Gasteiger partial charge >= 0.3 is 6.02 Å². The van der Waals surface area contributed by atoms with Crippen molar-refractivity contribution in [2.24, 2.45) is 20.0 Å². The molecular weight excluding hydrogens is 218 g/mol. The lowest BCUT2D eigenvalue weighted by Gasteiger charge is -2.33. The highest BCUT2D eigenvalue weighted by Gasteiger charge is 2.42. The first kappa shape index (κ1) is 10.6. The summed E-state index contributed by atoms with van der Waals surface area (Å²) in [5.74, 6) is 0. The molecule has 1 saturated heterocycles. The highest BCUT2D eigenvalue weighted by Crippen LogP contribution is 2.25. The summed E-state index contributed by atoms with van der Waals surface area (Å²) in [6.07, 6.45) is 6.85. The maximum absolute atomic E-state index is 9.46. The molecular formula is C11H15N5O. The van der Waals surface area contributed by atoms with Crippen LogP contribution in [0.3, 0.4) is 0 Å². The number of amidine groups is 1. The van der Waals surface area contributed by atoms with E-state index in [1.54, 1.807) is 6.21 Å². The summed E-state index contributed by atoms with van der Waals surface area (Å²) in [5, 5.41) is 9.46. The molecule has 0 spiro atoms. The number of fused-ring (bicyclic) bond motifs is 1. The van der Waals surface area contributed by atoms with E-state index in [1.165, 1.54) is 25.6 Å². The lowest BCUT2D eigenvalue weighted by molar-refractivity contribution is 0.205. The van der Waals surface area contributed by atoms with E-state index < -0.39 is 5.66 Å². The van der Waals surface area contributed by atoms with Gasteiger partial charge in [0.05, 0.1) is 12.8 Å². The van der Waals surface area contributed by atoms with E-state index in [9.17, 15) is 5.11 Å². The SMILES string of the molecule is OC1=NC2(CN3CCCCC3)N=CN=CC2=N1. The van der Waals surface area contributed by atoms with Gasteiger partial charge in [0.25, 0.3) is 0 Å². The van der Waals surface area contributed by atoms with E-state index in [-0.39, 0.29) is 6.02 Å². The first-order valence-corrected chi connectivity index (χ1v) is 5.96. The molecule has 0 aromatic carbocycles. The molecule has 0 bridgehead atoms. The van der Waals surface area contributed by atoms with Gasteiger partial charge in [-0.1, -0.05) is 6.42 Å². The quantitative estimate of drug-likeness (QED) is 0.760. The number of aliphatic hydroxyl groups is 1. The fourth-order valence-corrected chi connectivity index (χ4v) is 2.49. The molecule has 1 fully saturated rings. The molecule has 90 valence electrons. The molecule has 6 heteroatoms. The number of piperidine rings is 1. The van der Waals surface area contributed by atoms with Crippen LogP contribution in [0.15, 0.2) is 20.0 Å². The zero-order valence-electron chi connectivity index (χ0n) is 9.58. The van der Waals surface area contributed by atoms with Crippen molar-refractivity contribution in [3.8, 4) is 0 Å². The van der Waals surface area contributed by atoms with Crippen molar-refractivity contribution in [3.05, 3.63) is 0 Å². The van der Waals surface area contributed by atoms with E-state index >= 15 is 0 Å². The molecule has 3 rings (SSSR count). The van der Waals surface area contributed by atoms with Gasteiger partial charge in [0, 0.05) is 0 Å². The smallest absolute Gasteiger partial charge is 0.312 e. The molecule has 0 amide bonds. The molecule has 0 aromatic rings. The second-order valence-corrected chi connectivity index (χ2v) is 4.59. The third-order valence-electron chi connectivity index (χ3n) is 3.34. The first-order chi connectivity index (χ1) is 8.28. The predicted molar refractivity (Wildman–Crippen MR) is 67.5 cm³/mol. The lowest BCUT2D eigenvalue weighted by atomic mass is 10.0. The van der Waals surface area contributed by atoms with Gasteiger partial charge in [0.2, 0.25) is 5.66 Å². The van der Waals surface area contributed by atoms with Gasteiger partial charge in [-0.15, -0.1) is 0 Å². The minimum atomic E-state index is -0.747. The highest BCUT2D eigenvalue weighted by molar-refractivity contribution is 6.40. The summed E-state index contributed by atoms with van der Waals surface area (Å²) in [4.78, 5) is 18.8. The Balaban J connectivity index is 1.82. The number of nitrogens with zero attached hydrogens (tertiary/aromatic N) is 5. The predicted octanol–water partition coefficient (Wildman–Crippen LogP) is 0.650. The Morgan fingerprint density at radius 3 is 2.94 bits per heavy atom. The monoisotopic (exact) mass is 233 g/mol. The summed E-state index contributed by atoms with van der Waals surface area (Å²) < 4.78 is 0. The van der Waals surface area contributed by atoms with Crippen LogP contribution >= 0.6 is 0 Å². The van der Waals surface area contributed by atoms with Crippen LogP contribution < -0.4 is 0 Å². The van der Waals surface area contributed by atoms with Crippen LogP contribution in [0, 0.1) is 0 Å². The van der Waals surface area contributed by atoms with Gasteiger partial charge < -0.3 is 5.11 Å². The van der Waals surface area contributed by atoms with Gasteiger partial charge in [-0.3, -0.25) is 4.90 Å². The summed E-state index contributed by atoms with van der Waals surface area (Å²) in [6.45, 7) is 2.81. The van der Waals surface area contributed by atoms with Crippen LogP contribution in [0.4, 0.5) is 0 Å². The van der Waals surface area contributed by atoms with E-state index in [0.717, 1.165) is 13.1 Å². The van der Waals surface area contributed by atoms with Gasteiger partial charge in [-0.2, -0.15) is 9.98 Å². The second-order valence-electron chi connectivity index (χ2n) is 4.59. The standard InChI is InChI=1S/C11H15N5O/c17-10-14-9-6-12-8-13-11(9,15-10)7-16-4-2-1-3-5-16/h6,8H,1-5,7H2,(H,15,17). The van der Waals surface area contributed by atoms with Crippen LogP contribution in [0.25, 0.3) is 0 Å². The largest absolute Gasteiger partial charge is 0.479 e. The Morgan fingerprint density at radius 1 is 1.29 bits per heavy atom. The first-order valence-electron chi connectivity index (χ1n) is 5.96. The average Bonchev–Trinajstić information content (AvgIpc) is 2.66. The molecule has 1 N–H and O–H groups in total. The topological polar surface area (TPSA) is 72.9 Å². The van der Waals surface area contributed by atoms with Gasteiger partial charge in [0.1, 0.15) is 12.1 Å². The summed E-state index contributed by atoms with van der Waals surface area (Å²) in [7, 11) is 0. The average molecular weight is 233 g/mol. The second kappa shape index (κ2) is 4.03. The molecule has 3 aliphatic heterocycles. The highest BCUT2D eigenvalue weighted by atomic mass is 16.3. The molecule has 1 atom stereocenters. The van der Waals surface area contributed by atoms with Crippen molar-refractivity contribution in [2.75, 3.05) is 19.6 Å². The molecule has 0 aliphatic carbocycles. The van der Waals surface area contributed by atoms with Crippen LogP contribution in [-0.4, -0.2) is 59.6 Å². The fraction of sp³-hybridized carbons (Fsp3) is 0.636. The summed E-state index contributed by atoms with van der Waals surface area (Å²) >= 11 is 0. The number of likely N-dealkylation sites (tertiary alicyclic amines) is 1. The van der Waals surface area contributed by atoms with Crippen LogP contribution in [-0.2, 0) is 0 Å². The van der Waals surface area contributed by atoms with Crippen molar-refractivity contribution in [3.63, 3.8) is 0 Å². The minimum Gasteiger partial charge on any atom is -0.479 e. The Bertz CT molecular complexity index is 433. The van der Waals surface area contributed by atoms with E-state index in [4.69, 9.17) is 0 Å². The molecule has 0 aromatic heterocycles. The van der Waals surface area contributed by atoms with E-state index in [1.807, 2.05) is 0 Å². The normalized spacial score (nSPS) is 32.2. The Hall–Kier alpha value is -1.56. The van der Waals surface area contributed by atoms with Crippen molar-refractivity contribution < 1.29 is 5.11 Å². The van der Waals surface area contributed by atoms with Crippen molar-refractivity contribution in [1.29, 1.82) is 0 Å². The van der Waals surface area contributed by atoms with Crippen molar-refractivity contribution >= 4 is 24.3 Å². The van der Waals surface area contributed by atoms with Crippen LogP contribution in [0.1, 0.15) is 19.3 Å². The van der Waals surface area contributed by atoms with Crippen LogP contribution in [0.2, 0.25) is 0 Å². The van der Waals surface area contributed by atoms with Crippen molar-refractivity contribution in [2.45, 2.75) is 24.9 Å². The lowest BCUT2D eigenvalue weighted by Crippen LogP contribution is -2.48. The number of hydrogen-bond donors (Lipinski definition) is 1. The number of aliphatic imine (C=N–C) groups is 4. The number of rotatable bonds is 2. The van der Waals surface area contributed by atoms with Gasteiger partial charge in [-0.05, 0) is 25.9 Å². The molecule has 6 nitrogen and oxygen atoms in total. The molecule has 0 radical (unpaired) electrons. The number of aliphatic hydroxyl groups excluding tert-OH is 1. The minimum absolute atomic E-state index is 0.192. The number of hydrogen-bond acceptors (Lipinski definition) is 5. The summed E-state index contributed by atoms with van der Waals surface area (Å²) in [6, 6.07) is -0.192. The molecule has 0 saturated carbocycles. The van der Waals surface area contributed by atoms with Crippen molar-refractivity contribution in [1.82, 2.24) is 4.90 Å². The maximum atomic E-state index is 9.46. The zero-order chi connectivity index (χ0) is 11.7. The third-order valence-corrected chi connectivity index (χ3v) is 3.34. The van der Waals surface area contributed by atoms with E-state index in [2.05, 4.69) is 24.9 Å². The Morgan fingerprint density at radius 2 is 2.12 bits per heavy atom. The Kier molecular flexibility index (Phi) is 2.51. The fourth-order valence-electron chi connectivity index (χ4n) is 2.49.